The number of hydrogen-bond donors (Lipinski definition) is 2. The highest BCUT2D eigenvalue weighted by molar-refractivity contribution is 7.15. The SMILES string of the molecule is COc1ccc(OC)c(Nc2nc3c(s2)C[C@]2(C)CCC([C@H](C)C(=O)N4CCOCC4)[C@H](O)[C@H]2[C@@H]3C)c1. The minimum Gasteiger partial charge on any atom is -0.497 e. The molecule has 2 fully saturated rings. The third kappa shape index (κ3) is 4.81. The summed E-state index contributed by atoms with van der Waals surface area (Å²) in [5.74, 6) is 1.50. The normalized spacial score (nSPS) is 30.2. The molecule has 9 heteroatoms. The van der Waals surface area contributed by atoms with Gasteiger partial charge in [-0.3, -0.25) is 4.79 Å². The molecule has 2 N–H and O–H groups in total. The molecule has 5 rings (SSSR count). The van der Waals surface area contributed by atoms with Crippen LogP contribution in [0.2, 0.25) is 0 Å². The second-order valence-electron chi connectivity index (χ2n) is 11.1. The summed E-state index contributed by atoms with van der Waals surface area (Å²) in [6.07, 6.45) is 2.20. The van der Waals surface area contributed by atoms with Gasteiger partial charge in [0.2, 0.25) is 5.91 Å². The number of aromatic nitrogens is 1. The van der Waals surface area contributed by atoms with E-state index < -0.39 is 6.10 Å². The Labute approximate surface area is 223 Å². The summed E-state index contributed by atoms with van der Waals surface area (Å²) in [7, 11) is 3.29. The molecule has 37 heavy (non-hydrogen) atoms. The highest BCUT2D eigenvalue weighted by atomic mass is 32.1. The van der Waals surface area contributed by atoms with E-state index in [0.29, 0.717) is 26.3 Å². The van der Waals surface area contributed by atoms with E-state index in [9.17, 15) is 9.90 Å². The summed E-state index contributed by atoms with van der Waals surface area (Å²) in [5, 5.41) is 16.0. The second kappa shape index (κ2) is 10.4. The first-order valence-corrected chi connectivity index (χ1v) is 14.1. The van der Waals surface area contributed by atoms with Crippen LogP contribution in [0.4, 0.5) is 10.8 Å². The first-order chi connectivity index (χ1) is 17.8. The first-order valence-electron chi connectivity index (χ1n) is 13.3. The number of nitrogens with one attached hydrogen (secondary N) is 1. The molecule has 1 saturated carbocycles. The zero-order valence-corrected chi connectivity index (χ0v) is 23.3. The molecule has 2 heterocycles. The lowest BCUT2D eigenvalue weighted by Gasteiger charge is -2.53. The highest BCUT2D eigenvalue weighted by Crippen LogP contribution is 2.57. The largest absolute Gasteiger partial charge is 0.497 e. The smallest absolute Gasteiger partial charge is 0.225 e. The molecule has 6 atom stereocenters. The van der Waals surface area contributed by atoms with Gasteiger partial charge in [0.15, 0.2) is 5.13 Å². The Hall–Kier alpha value is -2.36. The number of ether oxygens (including phenoxy) is 3. The van der Waals surface area contributed by atoms with Crippen molar-refractivity contribution in [1.82, 2.24) is 9.88 Å². The number of aliphatic hydroxyl groups is 1. The standard InChI is InChI=1S/C28H39N3O5S/c1-16(26(33)31-10-12-36-13-11-31)19-8-9-28(3)15-22-24(17(2)23(28)25(19)32)30-27(37-22)29-20-14-18(34-4)6-7-21(20)35-5/h6-7,14,16-17,19,23,25,32H,8-13,15H2,1-5H3,(H,29,30)/t16-,17-,19?,23+,25-,28-/m0/s1. The fourth-order valence-electron chi connectivity index (χ4n) is 6.88. The Kier molecular flexibility index (Phi) is 7.40. The third-order valence-corrected chi connectivity index (χ3v) is 9.91. The van der Waals surface area contributed by atoms with Crippen LogP contribution in [0.1, 0.15) is 50.1 Å². The number of carbonyl (C=O) groups is 1. The van der Waals surface area contributed by atoms with Crippen LogP contribution < -0.4 is 14.8 Å². The van der Waals surface area contributed by atoms with Gasteiger partial charge in [0, 0.05) is 35.9 Å². The lowest BCUT2D eigenvalue weighted by Crippen LogP contribution is -2.54. The van der Waals surface area contributed by atoms with Gasteiger partial charge in [-0.05, 0) is 48.6 Å². The average Bonchev–Trinajstić information content (AvgIpc) is 3.30. The van der Waals surface area contributed by atoms with E-state index in [1.165, 1.54) is 4.88 Å². The lowest BCUT2D eigenvalue weighted by molar-refractivity contribution is -0.148. The molecule has 3 aliphatic rings. The van der Waals surface area contributed by atoms with Crippen molar-refractivity contribution in [3.8, 4) is 11.5 Å². The summed E-state index contributed by atoms with van der Waals surface area (Å²) in [5.41, 5.74) is 1.84. The van der Waals surface area contributed by atoms with Gasteiger partial charge in [0.05, 0.1) is 44.9 Å². The summed E-state index contributed by atoms with van der Waals surface area (Å²) < 4.78 is 16.3. The zero-order valence-electron chi connectivity index (χ0n) is 22.5. The van der Waals surface area contributed by atoms with Crippen LogP contribution in [0.5, 0.6) is 11.5 Å². The number of benzene rings is 1. The minimum atomic E-state index is -0.543. The Bertz CT molecular complexity index is 1130. The fourth-order valence-corrected chi connectivity index (χ4v) is 8.16. The van der Waals surface area contributed by atoms with Gasteiger partial charge < -0.3 is 29.5 Å². The van der Waals surface area contributed by atoms with Crippen molar-refractivity contribution < 1.29 is 24.1 Å². The summed E-state index contributed by atoms with van der Waals surface area (Å²) in [4.78, 5) is 21.4. The summed E-state index contributed by atoms with van der Waals surface area (Å²) in [6.45, 7) is 8.96. The van der Waals surface area contributed by atoms with Crippen LogP contribution >= 0.6 is 11.3 Å². The van der Waals surface area contributed by atoms with E-state index in [4.69, 9.17) is 19.2 Å². The number of hydrogen-bond acceptors (Lipinski definition) is 8. The van der Waals surface area contributed by atoms with Gasteiger partial charge in [0.1, 0.15) is 11.5 Å². The zero-order chi connectivity index (χ0) is 26.3. The van der Waals surface area contributed by atoms with Crippen LogP contribution in [-0.2, 0) is 16.0 Å². The van der Waals surface area contributed by atoms with E-state index in [1.54, 1.807) is 25.6 Å². The topological polar surface area (TPSA) is 93.2 Å². The van der Waals surface area contributed by atoms with Crippen molar-refractivity contribution >= 4 is 28.1 Å². The van der Waals surface area contributed by atoms with E-state index in [0.717, 1.165) is 47.3 Å². The predicted octanol–water partition coefficient (Wildman–Crippen LogP) is 4.45. The molecular formula is C28H39N3O5S. The van der Waals surface area contributed by atoms with E-state index in [1.807, 2.05) is 30.0 Å². The number of carbonyl (C=O) groups excluding carboxylic acids is 1. The molecule has 1 saturated heterocycles. The van der Waals surface area contributed by atoms with Crippen molar-refractivity contribution in [3.63, 3.8) is 0 Å². The molecule has 1 aromatic carbocycles. The van der Waals surface area contributed by atoms with Crippen molar-refractivity contribution in [2.75, 3.05) is 45.8 Å². The number of thiazole rings is 1. The van der Waals surface area contributed by atoms with Crippen LogP contribution in [0, 0.1) is 23.2 Å². The number of nitrogens with zero attached hydrogens (tertiary/aromatic N) is 2. The average molecular weight is 530 g/mol. The molecule has 0 bridgehead atoms. The molecule has 1 unspecified atom stereocenters. The molecule has 8 nitrogen and oxygen atoms in total. The van der Waals surface area contributed by atoms with Gasteiger partial charge in [-0.2, -0.15) is 0 Å². The molecule has 0 spiro atoms. The maximum absolute atomic E-state index is 13.3. The molecular weight excluding hydrogens is 490 g/mol. The Balaban J connectivity index is 1.37. The van der Waals surface area contributed by atoms with Crippen molar-refractivity contribution in [1.29, 1.82) is 0 Å². The van der Waals surface area contributed by atoms with Crippen LogP contribution in [-0.4, -0.2) is 67.5 Å². The number of fused-ring (bicyclic) bond motifs is 2. The van der Waals surface area contributed by atoms with Gasteiger partial charge in [-0.25, -0.2) is 4.98 Å². The quantitative estimate of drug-likeness (QED) is 0.571. The number of amides is 1. The first kappa shape index (κ1) is 26.3. The maximum Gasteiger partial charge on any atom is 0.225 e. The number of morpholine rings is 1. The Morgan fingerprint density at radius 2 is 2.05 bits per heavy atom. The van der Waals surface area contributed by atoms with E-state index >= 15 is 0 Å². The van der Waals surface area contributed by atoms with Crippen LogP contribution in [0.15, 0.2) is 18.2 Å². The highest BCUT2D eigenvalue weighted by Gasteiger charge is 2.54. The number of methoxy groups -OCH3 is 2. The second-order valence-corrected chi connectivity index (χ2v) is 12.2. The van der Waals surface area contributed by atoms with E-state index in [-0.39, 0.29) is 35.0 Å². The molecule has 0 radical (unpaired) electrons. The number of anilines is 2. The maximum atomic E-state index is 13.3. The number of aliphatic hydroxyl groups excluding tert-OH is 1. The van der Waals surface area contributed by atoms with Gasteiger partial charge in [-0.15, -0.1) is 11.3 Å². The van der Waals surface area contributed by atoms with E-state index in [2.05, 4.69) is 19.2 Å². The van der Waals surface area contributed by atoms with Gasteiger partial charge in [-0.1, -0.05) is 20.8 Å². The van der Waals surface area contributed by atoms with Gasteiger partial charge in [0.25, 0.3) is 0 Å². The van der Waals surface area contributed by atoms with Crippen molar-refractivity contribution in [2.24, 2.45) is 23.2 Å². The molecule has 1 amide bonds. The molecule has 1 aromatic heterocycles. The van der Waals surface area contributed by atoms with Crippen molar-refractivity contribution in [3.05, 3.63) is 28.8 Å². The summed E-state index contributed by atoms with van der Waals surface area (Å²) in [6, 6.07) is 5.65. The fraction of sp³-hybridized carbons (Fsp3) is 0.643. The molecule has 2 aliphatic carbocycles. The number of rotatable bonds is 6. The van der Waals surface area contributed by atoms with Crippen LogP contribution in [0.3, 0.4) is 0 Å². The minimum absolute atomic E-state index is 0.0263. The molecule has 202 valence electrons. The van der Waals surface area contributed by atoms with Gasteiger partial charge >= 0.3 is 0 Å². The Morgan fingerprint density at radius 1 is 1.30 bits per heavy atom. The third-order valence-electron chi connectivity index (χ3n) is 8.92. The van der Waals surface area contributed by atoms with Crippen molar-refractivity contribution in [2.45, 2.75) is 52.1 Å². The molecule has 2 aromatic rings. The predicted molar refractivity (Wildman–Crippen MR) is 144 cm³/mol. The monoisotopic (exact) mass is 529 g/mol. The lowest BCUT2D eigenvalue weighted by atomic mass is 9.53. The summed E-state index contributed by atoms with van der Waals surface area (Å²) >= 11 is 1.68. The Morgan fingerprint density at radius 3 is 2.76 bits per heavy atom. The van der Waals surface area contributed by atoms with Crippen LogP contribution in [0.25, 0.3) is 0 Å². The molecule has 1 aliphatic heterocycles.